The molecule has 0 bridgehead atoms. The first-order chi connectivity index (χ1) is 12.4. The first-order valence-electron chi connectivity index (χ1n) is 8.76. The second kappa shape index (κ2) is 5.97. The normalized spacial score (nSPS) is 19.8. The van der Waals surface area contributed by atoms with Gasteiger partial charge in [0.1, 0.15) is 11.5 Å². The standard InChI is InChI=1S/C19H19N5O/c1-2-4-16-14(3-1)18(12-7-9-20-10-8-12)15-6-5-13(11-17(15)25-16)19-21-23-24-22-19/h1-6,11-12,18,20H,7-10H2,(H,21,22,23,24). The van der Waals surface area contributed by atoms with Crippen molar-refractivity contribution < 1.29 is 4.74 Å². The predicted molar refractivity (Wildman–Crippen MR) is 93.6 cm³/mol. The first-order valence-corrected chi connectivity index (χ1v) is 8.76. The van der Waals surface area contributed by atoms with E-state index < -0.39 is 0 Å². The number of para-hydroxylation sites is 1. The van der Waals surface area contributed by atoms with Gasteiger partial charge in [-0.2, -0.15) is 0 Å². The van der Waals surface area contributed by atoms with Gasteiger partial charge in [-0.15, -0.1) is 5.10 Å². The quantitative estimate of drug-likeness (QED) is 0.754. The zero-order chi connectivity index (χ0) is 16.6. The monoisotopic (exact) mass is 333 g/mol. The van der Waals surface area contributed by atoms with Gasteiger partial charge in [-0.25, -0.2) is 5.10 Å². The number of tetrazole rings is 1. The van der Waals surface area contributed by atoms with E-state index in [1.54, 1.807) is 0 Å². The van der Waals surface area contributed by atoms with Crippen LogP contribution in [0.3, 0.4) is 0 Å². The minimum absolute atomic E-state index is 0.379. The van der Waals surface area contributed by atoms with Crippen LogP contribution in [0.5, 0.6) is 11.5 Å². The van der Waals surface area contributed by atoms with Crippen molar-refractivity contribution in [1.82, 2.24) is 25.9 Å². The largest absolute Gasteiger partial charge is 0.457 e. The van der Waals surface area contributed by atoms with Crippen LogP contribution in [0.15, 0.2) is 42.5 Å². The van der Waals surface area contributed by atoms with Gasteiger partial charge in [0.25, 0.3) is 0 Å². The Morgan fingerprint density at radius 2 is 1.80 bits per heavy atom. The smallest absolute Gasteiger partial charge is 0.179 e. The van der Waals surface area contributed by atoms with Crippen LogP contribution in [0, 0.1) is 5.92 Å². The molecule has 2 aliphatic heterocycles. The van der Waals surface area contributed by atoms with Crippen LogP contribution in [0.4, 0.5) is 0 Å². The molecule has 2 aliphatic rings. The maximum Gasteiger partial charge on any atom is 0.179 e. The fourth-order valence-electron chi connectivity index (χ4n) is 4.11. The van der Waals surface area contributed by atoms with Crippen LogP contribution in [-0.2, 0) is 0 Å². The van der Waals surface area contributed by atoms with E-state index in [1.807, 2.05) is 12.1 Å². The molecule has 0 saturated carbocycles. The summed E-state index contributed by atoms with van der Waals surface area (Å²) in [7, 11) is 0. The summed E-state index contributed by atoms with van der Waals surface area (Å²) >= 11 is 0. The van der Waals surface area contributed by atoms with Gasteiger partial charge >= 0.3 is 0 Å². The molecule has 6 heteroatoms. The SMILES string of the molecule is c1ccc2c(c1)Oc1cc(-c3nnn[nH]3)ccc1C2C1CCNCC1. The summed E-state index contributed by atoms with van der Waals surface area (Å²) in [6.07, 6.45) is 2.37. The number of nitrogens with zero attached hydrogens (tertiary/aromatic N) is 3. The van der Waals surface area contributed by atoms with E-state index in [2.05, 4.69) is 56.3 Å². The Hall–Kier alpha value is -2.73. The zero-order valence-electron chi connectivity index (χ0n) is 13.8. The maximum atomic E-state index is 6.24. The Balaban J connectivity index is 1.62. The van der Waals surface area contributed by atoms with E-state index in [9.17, 15) is 0 Å². The highest BCUT2D eigenvalue weighted by atomic mass is 16.5. The average Bonchev–Trinajstić information content (AvgIpc) is 3.21. The number of piperidine rings is 1. The molecule has 0 aliphatic carbocycles. The number of benzene rings is 2. The lowest BCUT2D eigenvalue weighted by atomic mass is 9.74. The van der Waals surface area contributed by atoms with E-state index in [0.717, 1.165) is 30.2 Å². The summed E-state index contributed by atoms with van der Waals surface area (Å²) in [6, 6.07) is 14.7. The second-order valence-electron chi connectivity index (χ2n) is 6.71. The fourth-order valence-corrected chi connectivity index (χ4v) is 4.11. The van der Waals surface area contributed by atoms with Crippen molar-refractivity contribution in [3.05, 3.63) is 53.6 Å². The number of fused-ring (bicyclic) bond motifs is 2. The van der Waals surface area contributed by atoms with Crippen molar-refractivity contribution in [2.45, 2.75) is 18.8 Å². The minimum Gasteiger partial charge on any atom is -0.457 e. The summed E-state index contributed by atoms with van der Waals surface area (Å²) in [5.41, 5.74) is 3.50. The molecule has 5 rings (SSSR count). The third-order valence-corrected chi connectivity index (χ3v) is 5.30. The van der Waals surface area contributed by atoms with Gasteiger partial charge in [-0.3, -0.25) is 0 Å². The van der Waals surface area contributed by atoms with Crippen LogP contribution in [0.25, 0.3) is 11.4 Å². The van der Waals surface area contributed by atoms with Crippen LogP contribution in [0.1, 0.15) is 29.9 Å². The summed E-state index contributed by atoms with van der Waals surface area (Å²) in [5.74, 6) is 3.54. The molecular weight excluding hydrogens is 314 g/mol. The topological polar surface area (TPSA) is 75.7 Å². The maximum absolute atomic E-state index is 6.24. The van der Waals surface area contributed by atoms with Crippen molar-refractivity contribution in [2.24, 2.45) is 5.92 Å². The molecule has 1 unspecified atom stereocenters. The highest BCUT2D eigenvalue weighted by Crippen LogP contribution is 2.49. The summed E-state index contributed by atoms with van der Waals surface area (Å²) < 4.78 is 6.24. The number of ether oxygens (including phenoxy) is 1. The van der Waals surface area contributed by atoms with E-state index in [-0.39, 0.29) is 0 Å². The van der Waals surface area contributed by atoms with Crippen molar-refractivity contribution >= 4 is 0 Å². The number of rotatable bonds is 2. The molecule has 126 valence electrons. The number of aromatic nitrogens is 4. The van der Waals surface area contributed by atoms with Crippen LogP contribution >= 0.6 is 0 Å². The number of nitrogens with one attached hydrogen (secondary N) is 2. The lowest BCUT2D eigenvalue weighted by Gasteiger charge is -2.36. The molecule has 0 spiro atoms. The van der Waals surface area contributed by atoms with Gasteiger partial charge in [0.2, 0.25) is 0 Å². The average molecular weight is 333 g/mol. The molecule has 1 fully saturated rings. The zero-order valence-corrected chi connectivity index (χ0v) is 13.8. The highest BCUT2D eigenvalue weighted by molar-refractivity contribution is 5.63. The van der Waals surface area contributed by atoms with E-state index in [0.29, 0.717) is 17.7 Å². The van der Waals surface area contributed by atoms with Crippen molar-refractivity contribution in [3.8, 4) is 22.9 Å². The molecule has 1 saturated heterocycles. The number of hydrogen-bond acceptors (Lipinski definition) is 5. The molecule has 1 aromatic heterocycles. The molecule has 6 nitrogen and oxygen atoms in total. The van der Waals surface area contributed by atoms with Gasteiger partial charge < -0.3 is 10.1 Å². The van der Waals surface area contributed by atoms with Crippen molar-refractivity contribution in [1.29, 1.82) is 0 Å². The van der Waals surface area contributed by atoms with Gasteiger partial charge in [-0.1, -0.05) is 30.3 Å². The Morgan fingerprint density at radius 1 is 0.960 bits per heavy atom. The lowest BCUT2D eigenvalue weighted by molar-refractivity contribution is 0.322. The van der Waals surface area contributed by atoms with Gasteiger partial charge in [0.05, 0.1) is 0 Å². The Kier molecular flexibility index (Phi) is 3.48. The Morgan fingerprint density at radius 3 is 2.64 bits per heavy atom. The van der Waals surface area contributed by atoms with E-state index >= 15 is 0 Å². The predicted octanol–water partition coefficient (Wildman–Crippen LogP) is 3.10. The number of hydrogen-bond donors (Lipinski definition) is 2. The van der Waals surface area contributed by atoms with Gasteiger partial charge in [-0.05, 0) is 54.4 Å². The number of aromatic amines is 1. The van der Waals surface area contributed by atoms with Crippen LogP contribution < -0.4 is 10.1 Å². The molecular formula is C19H19N5O. The molecule has 2 N–H and O–H groups in total. The fraction of sp³-hybridized carbons (Fsp3) is 0.316. The first kappa shape index (κ1) is 14.6. The summed E-state index contributed by atoms with van der Waals surface area (Å²) in [5, 5.41) is 17.6. The Labute approximate surface area is 145 Å². The minimum atomic E-state index is 0.379. The summed E-state index contributed by atoms with van der Waals surface area (Å²) in [4.78, 5) is 0. The van der Waals surface area contributed by atoms with Crippen LogP contribution in [-0.4, -0.2) is 33.7 Å². The molecule has 0 radical (unpaired) electrons. The second-order valence-corrected chi connectivity index (χ2v) is 6.71. The van der Waals surface area contributed by atoms with E-state index in [1.165, 1.54) is 24.0 Å². The Bertz CT molecular complexity index is 887. The highest BCUT2D eigenvalue weighted by Gasteiger charge is 2.34. The molecule has 25 heavy (non-hydrogen) atoms. The van der Waals surface area contributed by atoms with Gasteiger partial charge in [0, 0.05) is 22.6 Å². The number of H-pyrrole nitrogens is 1. The third kappa shape index (κ3) is 2.49. The van der Waals surface area contributed by atoms with Crippen molar-refractivity contribution in [3.63, 3.8) is 0 Å². The molecule has 3 aromatic rings. The summed E-state index contributed by atoms with van der Waals surface area (Å²) in [6.45, 7) is 2.17. The van der Waals surface area contributed by atoms with Gasteiger partial charge in [0.15, 0.2) is 5.82 Å². The molecule has 1 atom stereocenters. The molecule has 3 heterocycles. The van der Waals surface area contributed by atoms with E-state index in [4.69, 9.17) is 4.74 Å². The third-order valence-electron chi connectivity index (χ3n) is 5.30. The van der Waals surface area contributed by atoms with Crippen molar-refractivity contribution in [2.75, 3.05) is 13.1 Å². The molecule has 0 amide bonds. The molecule has 2 aromatic carbocycles. The van der Waals surface area contributed by atoms with Crippen LogP contribution in [0.2, 0.25) is 0 Å². The lowest BCUT2D eigenvalue weighted by Crippen LogP contribution is -2.32.